The van der Waals surface area contributed by atoms with E-state index < -0.39 is 44.5 Å². The van der Waals surface area contributed by atoms with Crippen LogP contribution in [0.2, 0.25) is 0 Å². The average molecular weight is 961 g/mol. The van der Waals surface area contributed by atoms with Gasteiger partial charge in [0, 0.05) is 44.2 Å². The lowest BCUT2D eigenvalue weighted by atomic mass is 9.81. The molecule has 1 aliphatic heterocycles. The van der Waals surface area contributed by atoms with Gasteiger partial charge in [-0.3, -0.25) is 0 Å². The number of ether oxygens (including phenoxy) is 4. The SMILES string of the molecule is COc1cc(-c2cc(OC)cc(C(C)(C)C)c2Op2oc3c(C(C)(C)C)cc(OC)cc3c3cc(OC)cc(C(C)(C)C)c3o2)c(OP2OC(=O)c3cc4ccccc4cc3O2)c(C(C)(C)C)c1. The first-order valence-electron chi connectivity index (χ1n) is 22.6. The van der Waals surface area contributed by atoms with Crippen LogP contribution in [0.1, 0.15) is 116 Å². The number of hydrogen-bond acceptors (Lipinski definition) is 11. The largest absolute Gasteiger partial charge is 0.532 e. The minimum Gasteiger partial charge on any atom is -0.497 e. The van der Waals surface area contributed by atoms with Gasteiger partial charge in [-0.2, -0.15) is 0 Å². The number of carbonyl (C=O) groups excluding carboxylic acids is 1. The molecule has 13 heteroatoms. The van der Waals surface area contributed by atoms with Gasteiger partial charge in [0.25, 0.3) is 0 Å². The van der Waals surface area contributed by atoms with Crippen molar-refractivity contribution in [2.75, 3.05) is 28.4 Å². The van der Waals surface area contributed by atoms with Gasteiger partial charge in [-0.1, -0.05) is 107 Å². The highest BCUT2D eigenvalue weighted by molar-refractivity contribution is 7.43. The molecule has 0 N–H and O–H groups in total. The first-order chi connectivity index (χ1) is 31.9. The van der Waals surface area contributed by atoms with Gasteiger partial charge < -0.3 is 45.4 Å². The van der Waals surface area contributed by atoms with E-state index in [4.69, 9.17) is 45.4 Å². The maximum Gasteiger partial charge on any atom is 0.532 e. The number of rotatable bonds is 9. The Labute approximate surface area is 401 Å². The molecule has 8 rings (SSSR count). The molecule has 0 saturated carbocycles. The van der Waals surface area contributed by atoms with Gasteiger partial charge in [0.05, 0.1) is 28.4 Å². The lowest BCUT2D eigenvalue weighted by molar-refractivity contribution is 0.0697. The van der Waals surface area contributed by atoms with Crippen LogP contribution in [0.4, 0.5) is 0 Å². The maximum atomic E-state index is 13.8. The van der Waals surface area contributed by atoms with Crippen molar-refractivity contribution in [1.29, 1.82) is 0 Å². The van der Waals surface area contributed by atoms with Crippen molar-refractivity contribution >= 4 is 55.5 Å². The Balaban J connectivity index is 1.44. The molecule has 0 aliphatic carbocycles. The molecule has 6 aromatic carbocycles. The fourth-order valence-electron chi connectivity index (χ4n) is 8.36. The second-order valence-electron chi connectivity index (χ2n) is 21.2. The standard InChI is InChI=1S/C55H62O11P2/c1-52(2,3)42-27-33(57-13)23-37(47(42)62-67-61-46-22-32-20-18-17-19-31(32)21-41(46)51(56)66-67)38-24-34(58-14)28-43(53(4,5)6)48(38)63-68-64-49-39(25-35(59-15)29-44(49)54(7,8)9)40-26-36(60-16)30-45(50(40)65-68)55(10,11)12/h17-30H,1-16H3. The molecule has 0 radical (unpaired) electrons. The summed E-state index contributed by atoms with van der Waals surface area (Å²) in [6.07, 6.45) is 0. The molecule has 0 bridgehead atoms. The van der Waals surface area contributed by atoms with Crippen LogP contribution >= 0.6 is 16.8 Å². The second kappa shape index (κ2) is 17.8. The number of hydrogen-bond donors (Lipinski definition) is 0. The predicted octanol–water partition coefficient (Wildman–Crippen LogP) is 16.0. The predicted molar refractivity (Wildman–Crippen MR) is 273 cm³/mol. The van der Waals surface area contributed by atoms with Crippen molar-refractivity contribution in [3.05, 3.63) is 113 Å². The van der Waals surface area contributed by atoms with E-state index in [1.807, 2.05) is 78.9 Å². The Morgan fingerprint density at radius 1 is 0.441 bits per heavy atom. The van der Waals surface area contributed by atoms with E-state index in [0.717, 1.165) is 43.8 Å². The van der Waals surface area contributed by atoms with Crippen LogP contribution in [0, 0.1) is 0 Å². The normalized spacial score (nSPS) is 14.3. The lowest BCUT2D eigenvalue weighted by Crippen LogP contribution is -2.18. The molecule has 0 saturated heterocycles. The van der Waals surface area contributed by atoms with Gasteiger partial charge in [-0.15, -0.1) is 0 Å². The third-order valence-corrected chi connectivity index (χ3v) is 14.1. The monoisotopic (exact) mass is 960 g/mol. The van der Waals surface area contributed by atoms with Crippen LogP contribution < -0.4 is 32.5 Å². The minimum atomic E-state index is -2.31. The summed E-state index contributed by atoms with van der Waals surface area (Å²) in [5.74, 6) is 3.21. The Hall–Kier alpha value is -6.02. The van der Waals surface area contributed by atoms with Crippen molar-refractivity contribution in [3.8, 4) is 51.4 Å². The molecule has 358 valence electrons. The average Bonchev–Trinajstić information content (AvgIpc) is 3.42. The third kappa shape index (κ3) is 9.40. The van der Waals surface area contributed by atoms with E-state index in [0.29, 0.717) is 68.1 Å². The molecule has 2 heterocycles. The van der Waals surface area contributed by atoms with Crippen LogP contribution in [-0.2, 0) is 26.2 Å². The van der Waals surface area contributed by atoms with Crippen molar-refractivity contribution in [1.82, 2.24) is 0 Å². The van der Waals surface area contributed by atoms with E-state index in [2.05, 4.69) is 83.1 Å². The lowest BCUT2D eigenvalue weighted by Gasteiger charge is -2.30. The first kappa shape index (κ1) is 48.4. The molecule has 0 fully saturated rings. The summed E-state index contributed by atoms with van der Waals surface area (Å²) in [6.45, 7) is 25.4. The van der Waals surface area contributed by atoms with Crippen molar-refractivity contribution in [3.63, 3.8) is 0 Å². The first-order valence-corrected chi connectivity index (χ1v) is 24.8. The van der Waals surface area contributed by atoms with Crippen LogP contribution in [0.5, 0.6) is 40.2 Å². The summed E-state index contributed by atoms with van der Waals surface area (Å²) >= 11 is 0. The molecule has 0 amide bonds. The Kier molecular flexibility index (Phi) is 12.7. The molecular formula is C55H62O11P2. The Morgan fingerprint density at radius 3 is 1.26 bits per heavy atom. The third-order valence-electron chi connectivity index (χ3n) is 12.1. The highest BCUT2D eigenvalue weighted by Crippen LogP contribution is 2.57. The quantitative estimate of drug-likeness (QED) is 0.129. The van der Waals surface area contributed by atoms with Crippen LogP contribution in [-0.4, -0.2) is 34.4 Å². The summed E-state index contributed by atoms with van der Waals surface area (Å²) in [5, 5.41) is 3.38. The molecule has 1 atom stereocenters. The van der Waals surface area contributed by atoms with Gasteiger partial charge >= 0.3 is 22.8 Å². The van der Waals surface area contributed by atoms with Crippen LogP contribution in [0.15, 0.2) is 93.3 Å². The number of carbonyl (C=O) groups is 1. The number of methoxy groups -OCH3 is 4. The second-order valence-corrected chi connectivity index (χ2v) is 23.2. The van der Waals surface area contributed by atoms with E-state index in [9.17, 15) is 4.79 Å². The molecule has 11 nitrogen and oxygen atoms in total. The van der Waals surface area contributed by atoms with Gasteiger partial charge in [0.2, 0.25) is 0 Å². The zero-order valence-corrected chi connectivity index (χ0v) is 43.8. The molecule has 1 aromatic heterocycles. The molecule has 0 spiro atoms. The highest BCUT2D eigenvalue weighted by Gasteiger charge is 2.37. The van der Waals surface area contributed by atoms with Gasteiger partial charge in [0.15, 0.2) is 0 Å². The summed E-state index contributed by atoms with van der Waals surface area (Å²) in [5.41, 5.74) is 4.27. The molecule has 7 aromatic rings. The molecular weight excluding hydrogens is 899 g/mol. The topological polar surface area (TPSA) is 117 Å². The summed E-state index contributed by atoms with van der Waals surface area (Å²) in [4.78, 5) is 13.8. The molecule has 68 heavy (non-hydrogen) atoms. The van der Waals surface area contributed by atoms with Gasteiger partial charge in [-0.05, 0) is 93.1 Å². The van der Waals surface area contributed by atoms with Crippen molar-refractivity contribution in [2.45, 2.75) is 105 Å². The summed E-state index contributed by atoms with van der Waals surface area (Å²) in [6, 6.07) is 27.1. The Bertz CT molecular complexity index is 3060. The summed E-state index contributed by atoms with van der Waals surface area (Å²) < 4.78 is 65.0. The highest BCUT2D eigenvalue weighted by atomic mass is 31.2. The van der Waals surface area contributed by atoms with Crippen LogP contribution in [0.3, 0.4) is 0 Å². The minimum absolute atomic E-state index is 0.324. The number of fused-ring (bicyclic) bond motifs is 5. The molecule has 1 aliphatic rings. The zero-order chi connectivity index (χ0) is 49.2. The summed E-state index contributed by atoms with van der Waals surface area (Å²) in [7, 11) is 1.99. The fraction of sp³-hybridized carbons (Fsp3) is 0.364. The van der Waals surface area contributed by atoms with Gasteiger partial charge in [-0.25, -0.2) is 4.79 Å². The Morgan fingerprint density at radius 2 is 0.838 bits per heavy atom. The van der Waals surface area contributed by atoms with Crippen molar-refractivity contribution in [2.24, 2.45) is 0 Å². The maximum absolute atomic E-state index is 13.8. The van der Waals surface area contributed by atoms with E-state index in [1.165, 1.54) is 0 Å². The zero-order valence-electron chi connectivity index (χ0n) is 42.0. The van der Waals surface area contributed by atoms with Crippen molar-refractivity contribution < 1.29 is 50.2 Å². The van der Waals surface area contributed by atoms with E-state index >= 15 is 0 Å². The van der Waals surface area contributed by atoms with Crippen LogP contribution in [0.25, 0.3) is 43.8 Å². The fourth-order valence-corrected chi connectivity index (χ4v) is 10.5. The smallest absolute Gasteiger partial charge is 0.497 e. The van der Waals surface area contributed by atoms with E-state index in [1.54, 1.807) is 34.5 Å². The molecule has 1 unspecified atom stereocenters. The van der Waals surface area contributed by atoms with E-state index in [-0.39, 0.29) is 0 Å². The number of benzene rings is 6. The van der Waals surface area contributed by atoms with Gasteiger partial charge in [0.1, 0.15) is 57.0 Å².